The van der Waals surface area contributed by atoms with Gasteiger partial charge < -0.3 is 19.3 Å². The molecule has 2 aromatic rings. The number of esters is 1. The molecule has 7 unspecified atom stereocenters. The number of benzene rings is 2. The van der Waals surface area contributed by atoms with E-state index < -0.39 is 35.0 Å². The van der Waals surface area contributed by atoms with E-state index in [9.17, 15) is 14.7 Å². The Balaban J connectivity index is 1.52. The van der Waals surface area contributed by atoms with E-state index in [1.165, 1.54) is 0 Å². The zero-order valence-electron chi connectivity index (χ0n) is 24.3. The molecular weight excluding hydrogens is 504 g/mol. The number of rotatable bonds is 3. The molecule has 2 bridgehead atoms. The van der Waals surface area contributed by atoms with Crippen molar-refractivity contribution in [3.05, 3.63) is 71.3 Å². The molecule has 1 saturated carbocycles. The number of hydrogen-bond acceptors (Lipinski definition) is 6. The Morgan fingerprint density at radius 1 is 1.10 bits per heavy atom. The summed E-state index contributed by atoms with van der Waals surface area (Å²) in [4.78, 5) is 28.7. The van der Waals surface area contributed by atoms with Gasteiger partial charge in [0.25, 0.3) is 0 Å². The summed E-state index contributed by atoms with van der Waals surface area (Å²) in [6.45, 7) is 12.1. The molecule has 0 amide bonds. The van der Waals surface area contributed by atoms with E-state index in [0.717, 1.165) is 29.2 Å². The van der Waals surface area contributed by atoms with Gasteiger partial charge in [-0.2, -0.15) is 0 Å². The second-order valence-electron chi connectivity index (χ2n) is 13.1. The van der Waals surface area contributed by atoms with Crippen LogP contribution in [0.1, 0.15) is 64.7 Å². The molecule has 6 nitrogen and oxygen atoms in total. The van der Waals surface area contributed by atoms with Gasteiger partial charge in [-0.1, -0.05) is 69.3 Å². The summed E-state index contributed by atoms with van der Waals surface area (Å²) in [7, 11) is 0. The first-order chi connectivity index (χ1) is 18.9. The maximum Gasteiger partial charge on any atom is 0.339 e. The lowest BCUT2D eigenvalue weighted by Gasteiger charge is -2.52. The molecule has 1 saturated heterocycles. The molecule has 6 heteroatoms. The molecule has 40 heavy (non-hydrogen) atoms. The van der Waals surface area contributed by atoms with E-state index in [-0.39, 0.29) is 36.1 Å². The van der Waals surface area contributed by atoms with Crippen molar-refractivity contribution in [1.82, 2.24) is 0 Å². The molecule has 0 aromatic heterocycles. The SMILES string of the molecule is CC1=CC23C(=O)C(C=C4COC(C)(C)OC4C2(O)C1OC(=O)c1cccc2ccccc12)C(C(C)C)CCC3C. The Kier molecular flexibility index (Phi) is 6.41. The van der Waals surface area contributed by atoms with Crippen LogP contribution in [0.3, 0.4) is 0 Å². The van der Waals surface area contributed by atoms with Crippen LogP contribution in [0, 0.1) is 29.1 Å². The van der Waals surface area contributed by atoms with Crippen LogP contribution >= 0.6 is 0 Å². The molecule has 7 atom stereocenters. The van der Waals surface area contributed by atoms with Crippen LogP contribution in [0.4, 0.5) is 0 Å². The zero-order chi connectivity index (χ0) is 28.6. The fourth-order valence-electron chi connectivity index (χ4n) is 8.01. The second kappa shape index (κ2) is 9.37. The van der Waals surface area contributed by atoms with Crippen LogP contribution in [-0.4, -0.2) is 47.1 Å². The van der Waals surface area contributed by atoms with Gasteiger partial charge in [-0.25, -0.2) is 4.79 Å². The minimum absolute atomic E-state index is 0.00920. The number of Topliss-reactive ketones (excluding diaryl/α,β-unsaturated/α-hetero) is 1. The highest BCUT2D eigenvalue weighted by Gasteiger charge is 2.73. The molecule has 1 N–H and O–H groups in total. The molecule has 1 spiro atoms. The summed E-state index contributed by atoms with van der Waals surface area (Å²) in [5, 5.41) is 14.9. The van der Waals surface area contributed by atoms with Crippen LogP contribution in [-0.2, 0) is 19.0 Å². The summed E-state index contributed by atoms with van der Waals surface area (Å²) in [6.07, 6.45) is 3.63. The lowest BCUT2D eigenvalue weighted by molar-refractivity contribution is -0.302. The number of carbonyl (C=O) groups excluding carboxylic acids is 2. The standard InChI is InChI=1S/C34H40O6/c1-19(2)24-15-14-21(4)33-17-20(3)29(39-31(36)26-13-9-11-22-10-7-8-12-25(22)26)34(33,37)30-23(16-27(24)28(33)35)18-38-32(5,6)40-30/h7-13,16-17,19,21,24,27,29-30,37H,14-15,18H2,1-6H3. The van der Waals surface area contributed by atoms with Crippen LogP contribution in [0.15, 0.2) is 65.8 Å². The van der Waals surface area contributed by atoms with Crippen LogP contribution in [0.5, 0.6) is 0 Å². The van der Waals surface area contributed by atoms with E-state index in [4.69, 9.17) is 14.2 Å². The number of allylic oxidation sites excluding steroid dienone is 1. The Morgan fingerprint density at radius 2 is 1.82 bits per heavy atom. The summed E-state index contributed by atoms with van der Waals surface area (Å²) < 4.78 is 18.9. The summed E-state index contributed by atoms with van der Waals surface area (Å²) in [6, 6.07) is 13.2. The Hall–Kier alpha value is -2.80. The highest BCUT2D eigenvalue weighted by atomic mass is 16.7. The highest BCUT2D eigenvalue weighted by Crippen LogP contribution is 2.62. The van der Waals surface area contributed by atoms with Crippen molar-refractivity contribution in [2.45, 2.75) is 78.0 Å². The Morgan fingerprint density at radius 3 is 2.58 bits per heavy atom. The van der Waals surface area contributed by atoms with E-state index in [1.807, 2.05) is 69.3 Å². The monoisotopic (exact) mass is 544 g/mol. The van der Waals surface area contributed by atoms with Crippen molar-refractivity contribution in [2.24, 2.45) is 29.1 Å². The number of ketones is 1. The molecule has 3 aliphatic carbocycles. The number of ether oxygens (including phenoxy) is 3. The minimum Gasteiger partial charge on any atom is -0.451 e. The lowest BCUT2D eigenvalue weighted by Crippen LogP contribution is -2.68. The van der Waals surface area contributed by atoms with Gasteiger partial charge in [-0.15, -0.1) is 0 Å². The van der Waals surface area contributed by atoms with Crippen LogP contribution in [0.25, 0.3) is 10.8 Å². The number of hydrogen-bond donors (Lipinski definition) is 1. The average Bonchev–Trinajstić information content (AvgIpc) is 3.04. The third-order valence-corrected chi connectivity index (χ3v) is 10.0. The van der Waals surface area contributed by atoms with Crippen molar-refractivity contribution in [3.8, 4) is 0 Å². The van der Waals surface area contributed by atoms with Crippen LogP contribution < -0.4 is 0 Å². The molecule has 2 fully saturated rings. The minimum atomic E-state index is -1.83. The highest BCUT2D eigenvalue weighted by molar-refractivity contribution is 6.04. The Bertz CT molecular complexity index is 1430. The normalized spacial score (nSPS) is 36.7. The first kappa shape index (κ1) is 27.4. The van der Waals surface area contributed by atoms with E-state index in [1.54, 1.807) is 6.07 Å². The summed E-state index contributed by atoms with van der Waals surface area (Å²) >= 11 is 0. The van der Waals surface area contributed by atoms with Gasteiger partial charge in [0.2, 0.25) is 0 Å². The smallest absolute Gasteiger partial charge is 0.339 e. The van der Waals surface area contributed by atoms with Gasteiger partial charge in [0.1, 0.15) is 6.10 Å². The van der Waals surface area contributed by atoms with Gasteiger partial charge in [0.15, 0.2) is 23.3 Å². The number of fused-ring (bicyclic) bond motifs is 4. The predicted molar refractivity (Wildman–Crippen MR) is 153 cm³/mol. The fourth-order valence-corrected chi connectivity index (χ4v) is 8.01. The molecule has 4 aliphatic rings. The number of aliphatic hydroxyl groups is 1. The topological polar surface area (TPSA) is 82.1 Å². The first-order valence-electron chi connectivity index (χ1n) is 14.6. The predicted octanol–water partition coefficient (Wildman–Crippen LogP) is 6.02. The molecule has 212 valence electrons. The van der Waals surface area contributed by atoms with Gasteiger partial charge in [0, 0.05) is 5.92 Å². The van der Waals surface area contributed by atoms with Gasteiger partial charge in [-0.05, 0) is 79.4 Å². The summed E-state index contributed by atoms with van der Waals surface area (Å²) in [5.41, 5.74) is -1.26. The van der Waals surface area contributed by atoms with Gasteiger partial charge in [0.05, 0.1) is 17.6 Å². The molecule has 6 rings (SSSR count). The van der Waals surface area contributed by atoms with Crippen molar-refractivity contribution < 1.29 is 28.9 Å². The van der Waals surface area contributed by atoms with Crippen molar-refractivity contribution in [2.75, 3.05) is 6.61 Å². The van der Waals surface area contributed by atoms with Crippen molar-refractivity contribution in [3.63, 3.8) is 0 Å². The first-order valence-corrected chi connectivity index (χ1v) is 14.6. The zero-order valence-corrected chi connectivity index (χ0v) is 24.3. The maximum atomic E-state index is 14.8. The molecule has 1 heterocycles. The maximum absolute atomic E-state index is 14.8. The van der Waals surface area contributed by atoms with Gasteiger partial charge in [-0.3, -0.25) is 4.79 Å². The van der Waals surface area contributed by atoms with Crippen LogP contribution in [0.2, 0.25) is 0 Å². The summed E-state index contributed by atoms with van der Waals surface area (Å²) in [5.74, 6) is -1.69. The quantitative estimate of drug-likeness (QED) is 0.376. The van der Waals surface area contributed by atoms with Crippen molar-refractivity contribution in [1.29, 1.82) is 0 Å². The fraction of sp³-hybridized carbons (Fsp3) is 0.529. The Labute approximate surface area is 236 Å². The average molecular weight is 545 g/mol. The molecule has 1 aliphatic heterocycles. The largest absolute Gasteiger partial charge is 0.451 e. The third kappa shape index (κ3) is 3.79. The molecule has 2 aromatic carbocycles. The van der Waals surface area contributed by atoms with Crippen molar-refractivity contribution >= 4 is 22.5 Å². The van der Waals surface area contributed by atoms with Gasteiger partial charge >= 0.3 is 5.97 Å². The molecule has 0 radical (unpaired) electrons. The van der Waals surface area contributed by atoms with E-state index >= 15 is 0 Å². The lowest BCUT2D eigenvalue weighted by atomic mass is 9.59. The third-order valence-electron chi connectivity index (χ3n) is 10.0. The molecular formula is C34H40O6. The second-order valence-corrected chi connectivity index (χ2v) is 13.1. The number of carbonyl (C=O) groups is 2. The van der Waals surface area contributed by atoms with E-state index in [0.29, 0.717) is 11.1 Å². The van der Waals surface area contributed by atoms with E-state index in [2.05, 4.69) is 20.8 Å².